The van der Waals surface area contributed by atoms with Crippen molar-refractivity contribution in [3.63, 3.8) is 0 Å². The highest BCUT2D eigenvalue weighted by Gasteiger charge is 1.84. The van der Waals surface area contributed by atoms with Crippen LogP contribution in [0.15, 0.2) is 30.3 Å². The molecule has 1 aromatic rings. The highest BCUT2D eigenvalue weighted by atomic mass is 16.5. The normalized spacial score (nSPS) is 9.40. The first-order valence-corrected chi connectivity index (χ1v) is 5.26. The maximum Gasteiger partial charge on any atom is 0.108 e. The molecule has 0 bridgehead atoms. The molecule has 0 aliphatic heterocycles. The van der Waals surface area contributed by atoms with Crippen LogP contribution in [0.4, 0.5) is 0 Å². The number of hydrogen-bond donors (Lipinski definition) is 1. The van der Waals surface area contributed by atoms with E-state index in [0.717, 1.165) is 25.3 Å². The molecule has 0 radical (unpaired) electrons. The summed E-state index contributed by atoms with van der Waals surface area (Å²) in [6.45, 7) is 5.18. The SMILES string of the molecule is CCNCCOCC#Cc1ccccc1. The maximum absolute atomic E-state index is 5.32. The first-order valence-electron chi connectivity index (χ1n) is 5.26. The Balaban J connectivity index is 2.12. The third kappa shape index (κ3) is 5.90. The summed E-state index contributed by atoms with van der Waals surface area (Å²) in [6, 6.07) is 9.93. The average Bonchev–Trinajstić information content (AvgIpc) is 2.29. The molecule has 2 heteroatoms. The fourth-order valence-electron chi connectivity index (χ4n) is 1.10. The largest absolute Gasteiger partial charge is 0.367 e. The third-order valence-electron chi connectivity index (χ3n) is 1.85. The summed E-state index contributed by atoms with van der Waals surface area (Å²) in [6.07, 6.45) is 0. The van der Waals surface area contributed by atoms with Crippen LogP contribution in [0.25, 0.3) is 0 Å². The van der Waals surface area contributed by atoms with Crippen molar-refractivity contribution in [1.82, 2.24) is 5.32 Å². The zero-order chi connectivity index (χ0) is 10.8. The van der Waals surface area contributed by atoms with Crippen LogP contribution in [-0.4, -0.2) is 26.3 Å². The Morgan fingerprint density at radius 1 is 1.27 bits per heavy atom. The van der Waals surface area contributed by atoms with Crippen LogP contribution in [0.3, 0.4) is 0 Å². The van der Waals surface area contributed by atoms with E-state index in [1.54, 1.807) is 0 Å². The Bertz CT molecular complexity index is 310. The molecule has 0 atom stereocenters. The third-order valence-corrected chi connectivity index (χ3v) is 1.85. The van der Waals surface area contributed by atoms with Crippen LogP contribution in [0.5, 0.6) is 0 Å². The van der Waals surface area contributed by atoms with E-state index >= 15 is 0 Å². The second-order valence-corrected chi connectivity index (χ2v) is 3.07. The highest BCUT2D eigenvalue weighted by molar-refractivity contribution is 5.33. The van der Waals surface area contributed by atoms with Gasteiger partial charge in [0.2, 0.25) is 0 Å². The number of rotatable bonds is 5. The number of hydrogen-bond acceptors (Lipinski definition) is 2. The van der Waals surface area contributed by atoms with Crippen molar-refractivity contribution in [2.45, 2.75) is 6.92 Å². The van der Waals surface area contributed by atoms with Crippen molar-refractivity contribution >= 4 is 0 Å². The Hall–Kier alpha value is -1.30. The van der Waals surface area contributed by atoms with E-state index in [1.807, 2.05) is 30.3 Å². The van der Waals surface area contributed by atoms with E-state index in [9.17, 15) is 0 Å². The van der Waals surface area contributed by atoms with E-state index in [-0.39, 0.29) is 0 Å². The lowest BCUT2D eigenvalue weighted by atomic mass is 10.2. The molecular formula is C13H17NO. The molecule has 0 saturated heterocycles. The van der Waals surface area contributed by atoms with Crippen LogP contribution in [0.1, 0.15) is 12.5 Å². The summed E-state index contributed by atoms with van der Waals surface area (Å²) >= 11 is 0. The number of likely N-dealkylation sites (N-methyl/N-ethyl adjacent to an activating group) is 1. The van der Waals surface area contributed by atoms with E-state index < -0.39 is 0 Å². The van der Waals surface area contributed by atoms with Crippen LogP contribution >= 0.6 is 0 Å². The van der Waals surface area contributed by atoms with Gasteiger partial charge in [0.1, 0.15) is 6.61 Å². The van der Waals surface area contributed by atoms with Gasteiger partial charge in [0, 0.05) is 12.1 Å². The van der Waals surface area contributed by atoms with E-state index in [0.29, 0.717) is 6.61 Å². The van der Waals surface area contributed by atoms with Crippen molar-refractivity contribution in [3.8, 4) is 11.8 Å². The molecule has 0 saturated carbocycles. The fourth-order valence-corrected chi connectivity index (χ4v) is 1.10. The Morgan fingerprint density at radius 3 is 2.80 bits per heavy atom. The molecule has 1 aromatic carbocycles. The van der Waals surface area contributed by atoms with Crippen LogP contribution in [0.2, 0.25) is 0 Å². The van der Waals surface area contributed by atoms with E-state index in [4.69, 9.17) is 4.74 Å². The number of ether oxygens (including phenoxy) is 1. The minimum absolute atomic E-state index is 0.500. The second-order valence-electron chi connectivity index (χ2n) is 3.07. The molecule has 0 fully saturated rings. The molecule has 2 nitrogen and oxygen atoms in total. The highest BCUT2D eigenvalue weighted by Crippen LogP contribution is 1.94. The predicted molar refractivity (Wildman–Crippen MR) is 62.7 cm³/mol. The molecule has 0 aliphatic rings. The molecule has 0 unspecified atom stereocenters. The van der Waals surface area contributed by atoms with Crippen LogP contribution in [0, 0.1) is 11.8 Å². The van der Waals surface area contributed by atoms with Gasteiger partial charge in [0.25, 0.3) is 0 Å². The topological polar surface area (TPSA) is 21.3 Å². The molecule has 1 N–H and O–H groups in total. The van der Waals surface area contributed by atoms with E-state index in [2.05, 4.69) is 24.1 Å². The first kappa shape index (κ1) is 11.8. The van der Waals surface area contributed by atoms with Gasteiger partial charge in [-0.1, -0.05) is 37.0 Å². The smallest absolute Gasteiger partial charge is 0.108 e. The van der Waals surface area contributed by atoms with Gasteiger partial charge in [-0.2, -0.15) is 0 Å². The predicted octanol–water partition coefficient (Wildman–Crippen LogP) is 1.66. The van der Waals surface area contributed by atoms with Crippen molar-refractivity contribution < 1.29 is 4.74 Å². The standard InChI is InChI=1S/C13H17NO/c1-2-14-10-12-15-11-6-9-13-7-4-3-5-8-13/h3-5,7-8,14H,2,10-12H2,1H3. The Labute approximate surface area is 91.6 Å². The summed E-state index contributed by atoms with van der Waals surface area (Å²) in [4.78, 5) is 0. The van der Waals surface area contributed by atoms with Crippen molar-refractivity contribution in [2.24, 2.45) is 0 Å². The maximum atomic E-state index is 5.32. The van der Waals surface area contributed by atoms with Gasteiger partial charge in [-0.3, -0.25) is 0 Å². The first-order chi connectivity index (χ1) is 7.43. The van der Waals surface area contributed by atoms with Gasteiger partial charge in [-0.15, -0.1) is 0 Å². The molecular weight excluding hydrogens is 186 g/mol. The molecule has 0 spiro atoms. The minimum Gasteiger partial charge on any atom is -0.367 e. The molecule has 0 aliphatic carbocycles. The molecule has 80 valence electrons. The monoisotopic (exact) mass is 203 g/mol. The minimum atomic E-state index is 0.500. The van der Waals surface area contributed by atoms with Gasteiger partial charge in [0.15, 0.2) is 0 Å². The van der Waals surface area contributed by atoms with Crippen molar-refractivity contribution in [2.75, 3.05) is 26.3 Å². The summed E-state index contributed by atoms with van der Waals surface area (Å²) in [5.74, 6) is 6.02. The van der Waals surface area contributed by atoms with Gasteiger partial charge >= 0.3 is 0 Å². The zero-order valence-electron chi connectivity index (χ0n) is 9.12. The summed E-state index contributed by atoms with van der Waals surface area (Å²) < 4.78 is 5.32. The van der Waals surface area contributed by atoms with Gasteiger partial charge in [-0.25, -0.2) is 0 Å². The van der Waals surface area contributed by atoms with Gasteiger partial charge < -0.3 is 10.1 Å². The Morgan fingerprint density at radius 2 is 2.07 bits per heavy atom. The molecule has 0 heterocycles. The summed E-state index contributed by atoms with van der Waals surface area (Å²) in [5.41, 5.74) is 1.03. The van der Waals surface area contributed by atoms with Crippen molar-refractivity contribution in [1.29, 1.82) is 0 Å². The average molecular weight is 203 g/mol. The second kappa shape index (κ2) is 8.05. The summed E-state index contributed by atoms with van der Waals surface area (Å²) in [5, 5.41) is 3.18. The molecule has 0 aromatic heterocycles. The Kier molecular flexibility index (Phi) is 6.31. The lowest BCUT2D eigenvalue weighted by Crippen LogP contribution is -2.18. The van der Waals surface area contributed by atoms with Crippen LogP contribution in [-0.2, 0) is 4.74 Å². The molecule has 1 rings (SSSR count). The van der Waals surface area contributed by atoms with Crippen molar-refractivity contribution in [3.05, 3.63) is 35.9 Å². The fraction of sp³-hybridized carbons (Fsp3) is 0.385. The van der Waals surface area contributed by atoms with Crippen LogP contribution < -0.4 is 5.32 Å². The summed E-state index contributed by atoms with van der Waals surface area (Å²) in [7, 11) is 0. The number of benzene rings is 1. The van der Waals surface area contributed by atoms with Gasteiger partial charge in [-0.05, 0) is 18.7 Å². The zero-order valence-corrected chi connectivity index (χ0v) is 9.12. The molecule has 15 heavy (non-hydrogen) atoms. The number of nitrogens with one attached hydrogen (secondary N) is 1. The van der Waals surface area contributed by atoms with E-state index in [1.165, 1.54) is 0 Å². The quantitative estimate of drug-likeness (QED) is 0.580. The lowest BCUT2D eigenvalue weighted by molar-refractivity contribution is 0.169. The molecule has 0 amide bonds. The lowest BCUT2D eigenvalue weighted by Gasteiger charge is -1.99. The van der Waals surface area contributed by atoms with Gasteiger partial charge in [0.05, 0.1) is 6.61 Å².